The second-order valence-corrected chi connectivity index (χ2v) is 18.2. The maximum Gasteiger partial charge on any atom is -0.197 e. The summed E-state index contributed by atoms with van der Waals surface area (Å²) >= 11 is 0.787. The van der Waals surface area contributed by atoms with E-state index in [1.807, 2.05) is 26.1 Å². The molecule has 0 N–H and O–H groups in total. The molecule has 126 valence electrons. The Morgan fingerprint density at radius 1 is 1.28 bits per heavy atom. The predicted molar refractivity (Wildman–Crippen MR) is 115 cm³/mol. The van der Waals surface area contributed by atoms with E-state index in [0.717, 1.165) is 46.8 Å². The number of hydrogen-bond acceptors (Lipinski definition) is 2. The van der Waals surface area contributed by atoms with Crippen molar-refractivity contribution in [3.63, 3.8) is 0 Å². The van der Waals surface area contributed by atoms with Gasteiger partial charge in [-0.15, -0.1) is 0 Å². The molecule has 0 aromatic heterocycles. The molecule has 0 radical (unpaired) electrons. The Morgan fingerprint density at radius 3 is 2.76 bits per heavy atom. The van der Waals surface area contributed by atoms with Gasteiger partial charge in [-0.25, -0.2) is 0 Å². The Hall–Kier alpha value is 0.267. The van der Waals surface area contributed by atoms with Crippen LogP contribution in [0.2, 0.25) is 6.32 Å². The van der Waals surface area contributed by atoms with Crippen LogP contribution in [0.25, 0.3) is 10.8 Å². The zero-order chi connectivity index (χ0) is 17.1. The summed E-state index contributed by atoms with van der Waals surface area (Å²) in [6.07, 6.45) is 0.949. The smallest absolute Gasteiger partial charge is 0.197 e. The van der Waals surface area contributed by atoms with Gasteiger partial charge in [0.2, 0.25) is 0 Å². The van der Waals surface area contributed by atoms with E-state index < -0.39 is 7.12 Å². The van der Waals surface area contributed by atoms with Gasteiger partial charge in [0, 0.05) is 0 Å². The van der Waals surface area contributed by atoms with Gasteiger partial charge in [-0.1, -0.05) is 0 Å². The maximum atomic E-state index is 14.6. The third kappa shape index (κ3) is 3.01. The zero-order valence-corrected chi connectivity index (χ0v) is 21.6. The summed E-state index contributed by atoms with van der Waals surface area (Å²) in [5.74, 6) is 2.99. The molecule has 2 aliphatic heterocycles. The molecule has 4 rings (SSSR count). The fourth-order valence-corrected chi connectivity index (χ4v) is 15.9. The molecule has 0 amide bonds. The van der Waals surface area contributed by atoms with E-state index in [-0.39, 0.29) is 37.0 Å². The summed E-state index contributed by atoms with van der Waals surface area (Å²) < 4.78 is 21.3. The van der Waals surface area contributed by atoms with Crippen LogP contribution in [0, 0.1) is 22.8 Å². The maximum absolute atomic E-state index is 14.6. The van der Waals surface area contributed by atoms with E-state index in [1.54, 1.807) is 0 Å². The van der Waals surface area contributed by atoms with Gasteiger partial charge >= 0.3 is 163 Å². The van der Waals surface area contributed by atoms with Gasteiger partial charge in [-0.2, -0.15) is 13.5 Å². The molecular weight excluding hydrogens is 561 g/mol. The van der Waals surface area contributed by atoms with Crippen molar-refractivity contribution in [3.8, 4) is 11.6 Å². The molecule has 2 aromatic carbocycles. The SMILES string of the molecule is CC1(C)CB2OC1(C)P([S][Tl])C#Cc1c(F)ccc3cccc2c13.S. The van der Waals surface area contributed by atoms with Gasteiger partial charge in [0.05, 0.1) is 0 Å². The summed E-state index contributed by atoms with van der Waals surface area (Å²) in [6.45, 7) is 6.80. The first kappa shape index (κ1) is 20.0. The Balaban J connectivity index is 0.00000182. The first-order chi connectivity index (χ1) is 11.4. The summed E-state index contributed by atoms with van der Waals surface area (Å²) in [6, 6.07) is 9.55. The van der Waals surface area contributed by atoms with Crippen molar-refractivity contribution >= 4 is 76.0 Å². The Morgan fingerprint density at radius 2 is 2.04 bits per heavy atom. The van der Waals surface area contributed by atoms with E-state index in [9.17, 15) is 4.39 Å². The van der Waals surface area contributed by atoms with Crippen molar-refractivity contribution in [3.05, 3.63) is 41.7 Å². The minimum absolute atomic E-state index is 0. The van der Waals surface area contributed by atoms with Crippen LogP contribution < -0.4 is 5.46 Å². The molecule has 0 saturated carbocycles. The topological polar surface area (TPSA) is 9.23 Å². The molecule has 2 unspecified atom stereocenters. The first-order valence-electron chi connectivity index (χ1n) is 7.95. The molecule has 2 heterocycles. The molecule has 25 heavy (non-hydrogen) atoms. The fraction of sp³-hybridized carbons (Fsp3) is 0.333. The monoisotopic (exact) mass is 580 g/mol. The largest absolute Gasteiger partial charge is 0.197 e. The molecule has 2 aliphatic rings. The second kappa shape index (κ2) is 7.02. The van der Waals surface area contributed by atoms with Crippen LogP contribution in [-0.2, 0) is 4.65 Å². The van der Waals surface area contributed by atoms with Gasteiger partial charge in [-0.3, -0.25) is 0 Å². The quantitative estimate of drug-likeness (QED) is 0.278. The van der Waals surface area contributed by atoms with Gasteiger partial charge in [-0.05, 0) is 0 Å². The molecule has 2 bridgehead atoms. The molecule has 1 nitrogen and oxygen atoms in total. The molecule has 0 spiro atoms. The van der Waals surface area contributed by atoms with Gasteiger partial charge in [0.25, 0.3) is 0 Å². The first-order valence-corrected chi connectivity index (χ1v) is 16.3. The molecule has 2 aromatic rings. The summed E-state index contributed by atoms with van der Waals surface area (Å²) in [7, 11) is 1.24. The van der Waals surface area contributed by atoms with Gasteiger partial charge < -0.3 is 0 Å². The van der Waals surface area contributed by atoms with Crippen molar-refractivity contribution in [2.75, 3.05) is 0 Å². The minimum Gasteiger partial charge on any atom is -0.197 e. The van der Waals surface area contributed by atoms with Crippen molar-refractivity contribution in [2.24, 2.45) is 5.41 Å². The van der Waals surface area contributed by atoms with Crippen LogP contribution in [-0.4, -0.2) is 36.5 Å². The minimum atomic E-state index is -0.679. The van der Waals surface area contributed by atoms with Crippen molar-refractivity contribution in [1.29, 1.82) is 0 Å². The number of hydrogen-bond donors (Lipinski definition) is 0. The molecule has 2 atom stereocenters. The number of benzene rings is 2. The zero-order valence-electron chi connectivity index (χ0n) is 14.4. The van der Waals surface area contributed by atoms with Crippen LogP contribution in [0.15, 0.2) is 30.3 Å². The predicted octanol–water partition coefficient (Wildman–Crippen LogP) is 4.60. The molecule has 7 heteroatoms. The summed E-state index contributed by atoms with van der Waals surface area (Å²) in [5.41, 5.74) is 5.12. The van der Waals surface area contributed by atoms with Gasteiger partial charge in [0.1, 0.15) is 0 Å². The molecular formula is C18H18BFOPS2Tl. The van der Waals surface area contributed by atoms with Crippen molar-refractivity contribution < 1.29 is 9.04 Å². The number of halogens is 1. The summed E-state index contributed by atoms with van der Waals surface area (Å²) in [4.78, 5) is 0. The second-order valence-electron chi connectivity index (χ2n) is 7.18. The van der Waals surface area contributed by atoms with Crippen LogP contribution in [0.3, 0.4) is 0 Å². The van der Waals surface area contributed by atoms with Crippen LogP contribution in [0.5, 0.6) is 0 Å². The summed E-state index contributed by atoms with van der Waals surface area (Å²) in [5, 5.41) is 1.72. The average molecular weight is 580 g/mol. The van der Waals surface area contributed by atoms with E-state index in [2.05, 4.69) is 38.4 Å². The van der Waals surface area contributed by atoms with Gasteiger partial charge in [0.15, 0.2) is 0 Å². The Bertz CT molecular complexity index is 913. The Labute approximate surface area is 175 Å². The molecule has 1 fully saturated rings. The molecule has 0 aliphatic carbocycles. The standard InChI is InChI=1S/C18H16BFOPS.H2S.Tl/c1-17(2)11-19-14-6-4-5-12-7-8-15(20)13(16(12)14)9-10-22(23)18(17,3)21-19;;/h4-8H,11H2,1-3H3;1H2;/q-1;;+1. The average Bonchev–Trinajstić information content (AvgIpc) is 2.81. The Kier molecular flexibility index (Phi) is 5.62. The third-order valence-electron chi connectivity index (χ3n) is 5.47. The van der Waals surface area contributed by atoms with Crippen LogP contribution >= 0.6 is 28.6 Å². The van der Waals surface area contributed by atoms with Crippen molar-refractivity contribution in [1.82, 2.24) is 0 Å². The number of fused-ring (bicyclic) bond motifs is 3. The van der Waals surface area contributed by atoms with Crippen LogP contribution in [0.1, 0.15) is 26.3 Å². The van der Waals surface area contributed by atoms with E-state index >= 15 is 0 Å². The van der Waals surface area contributed by atoms with E-state index in [1.165, 1.54) is 6.07 Å². The molecule has 1 saturated heterocycles. The normalized spacial score (nSPS) is 26.0. The van der Waals surface area contributed by atoms with Crippen molar-refractivity contribution in [2.45, 2.75) is 32.4 Å². The number of rotatable bonds is 1. The van der Waals surface area contributed by atoms with E-state index in [0.29, 0.717) is 5.56 Å². The van der Waals surface area contributed by atoms with Crippen LogP contribution in [0.4, 0.5) is 4.39 Å². The third-order valence-corrected chi connectivity index (χ3v) is 16.8. The fourth-order valence-electron chi connectivity index (χ4n) is 3.74. The van der Waals surface area contributed by atoms with E-state index in [4.69, 9.17) is 4.65 Å².